The minimum atomic E-state index is 0.185. The Labute approximate surface area is 344 Å². The molecule has 3 aromatic heterocycles. The summed E-state index contributed by atoms with van der Waals surface area (Å²) in [5, 5.41) is 4.69. The maximum atomic E-state index is 5.43. The molecule has 0 radical (unpaired) electrons. The number of para-hydroxylation sites is 2. The third kappa shape index (κ3) is 4.60. The van der Waals surface area contributed by atoms with Crippen LogP contribution < -0.4 is 0 Å². The number of aromatic nitrogens is 4. The second kappa shape index (κ2) is 12.3. The highest BCUT2D eigenvalue weighted by Gasteiger charge is 2.61. The van der Waals surface area contributed by atoms with Crippen LogP contribution in [0.4, 0.5) is 0 Å². The van der Waals surface area contributed by atoms with Crippen molar-refractivity contribution in [2.75, 3.05) is 0 Å². The number of imidazole rings is 1. The van der Waals surface area contributed by atoms with Crippen molar-refractivity contribution in [2.24, 2.45) is 23.7 Å². The van der Waals surface area contributed by atoms with Gasteiger partial charge in [-0.05, 0) is 168 Å². The van der Waals surface area contributed by atoms with Gasteiger partial charge in [-0.1, -0.05) is 91.0 Å². The van der Waals surface area contributed by atoms with Gasteiger partial charge in [-0.25, -0.2) is 4.98 Å². The first-order valence-corrected chi connectivity index (χ1v) is 21.5. The molecule has 4 fully saturated rings. The SMILES string of the molecule is C=CC1=C(C)C2(c3ccc(-c4ccc5c(c4)c4cc6ccncc6cc4n5-c4nc5ccccc5n4-c4cccc(-c5ccccc5)c4)cc31)C1CC3CC(C1)CC2C3. The molecule has 284 valence electrons. The van der Waals surface area contributed by atoms with Crippen LogP contribution in [0, 0.1) is 23.7 Å². The van der Waals surface area contributed by atoms with Crippen molar-refractivity contribution in [1.29, 1.82) is 0 Å². The average Bonchev–Trinajstić information content (AvgIpc) is 3.89. The lowest BCUT2D eigenvalue weighted by atomic mass is 9.43. The summed E-state index contributed by atoms with van der Waals surface area (Å²) in [6, 6.07) is 49.2. The maximum absolute atomic E-state index is 5.43. The Morgan fingerprint density at radius 2 is 1.34 bits per heavy atom. The molecule has 4 saturated carbocycles. The van der Waals surface area contributed by atoms with Gasteiger partial charge in [-0.2, -0.15) is 0 Å². The molecule has 1 spiro atoms. The van der Waals surface area contributed by atoms with Crippen molar-refractivity contribution in [1.82, 2.24) is 19.1 Å². The van der Waals surface area contributed by atoms with Gasteiger partial charge in [-0.3, -0.25) is 14.1 Å². The molecule has 0 unspecified atom stereocenters. The Hall–Kier alpha value is -6.52. The van der Waals surface area contributed by atoms with Crippen molar-refractivity contribution >= 4 is 49.2 Å². The quantitative estimate of drug-likeness (QED) is 0.175. The highest BCUT2D eigenvalue weighted by atomic mass is 15.2. The van der Waals surface area contributed by atoms with Crippen LogP contribution in [0.5, 0.6) is 0 Å². The Morgan fingerprint density at radius 3 is 2.17 bits per heavy atom. The third-order valence-corrected chi connectivity index (χ3v) is 15.2. The van der Waals surface area contributed by atoms with Gasteiger partial charge in [0.05, 0.1) is 22.1 Å². The summed E-state index contributed by atoms with van der Waals surface area (Å²) in [6.45, 7) is 6.86. The fourth-order valence-corrected chi connectivity index (χ4v) is 13.0. The highest BCUT2D eigenvalue weighted by Crippen LogP contribution is 2.69. The zero-order chi connectivity index (χ0) is 39.0. The van der Waals surface area contributed by atoms with E-state index < -0.39 is 0 Å². The summed E-state index contributed by atoms with van der Waals surface area (Å²) in [5.74, 6) is 4.26. The number of fused-ring (bicyclic) bond motifs is 6. The van der Waals surface area contributed by atoms with Gasteiger partial charge in [0.15, 0.2) is 0 Å². The summed E-state index contributed by atoms with van der Waals surface area (Å²) in [6.07, 6.45) is 13.1. The van der Waals surface area contributed by atoms with Crippen molar-refractivity contribution in [3.05, 3.63) is 175 Å². The van der Waals surface area contributed by atoms with E-state index in [4.69, 9.17) is 4.98 Å². The predicted octanol–water partition coefficient (Wildman–Crippen LogP) is 13.7. The van der Waals surface area contributed by atoms with Crippen LogP contribution in [0.1, 0.15) is 50.2 Å². The monoisotopic (exact) mass is 760 g/mol. The van der Waals surface area contributed by atoms with E-state index in [9.17, 15) is 0 Å². The molecule has 4 bridgehead atoms. The van der Waals surface area contributed by atoms with Crippen LogP contribution in [-0.2, 0) is 5.41 Å². The summed E-state index contributed by atoms with van der Waals surface area (Å²) < 4.78 is 4.70. The summed E-state index contributed by atoms with van der Waals surface area (Å²) in [5.41, 5.74) is 16.3. The first-order valence-electron chi connectivity index (χ1n) is 21.5. The number of nitrogens with zero attached hydrogens (tertiary/aromatic N) is 4. The van der Waals surface area contributed by atoms with Crippen molar-refractivity contribution < 1.29 is 0 Å². The standard InChI is InChI=1S/C55H44N4/c1-3-45-33(2)55(42-23-34-22-35(25-42)26-43(55)24-34)49-18-16-38(28-46(45)49)39-17-19-51-47(29-39)48-30-40-20-21-56-32-41(40)31-53(48)59(51)54-57-50-14-7-8-15-52(50)58(54)44-13-9-12-37(27-44)36-10-5-4-6-11-36/h3-21,27-32,34-35,42-43H,1,22-26H2,2H3. The zero-order valence-electron chi connectivity index (χ0n) is 33.3. The van der Waals surface area contributed by atoms with Crippen LogP contribution in [-0.4, -0.2) is 19.1 Å². The zero-order valence-corrected chi connectivity index (χ0v) is 33.3. The molecule has 14 rings (SSSR count). The van der Waals surface area contributed by atoms with Crippen LogP contribution in [0.2, 0.25) is 0 Å². The number of benzene rings is 6. The highest BCUT2D eigenvalue weighted by molar-refractivity contribution is 6.14. The molecule has 0 saturated heterocycles. The molecule has 0 N–H and O–H groups in total. The summed E-state index contributed by atoms with van der Waals surface area (Å²) in [7, 11) is 0. The van der Waals surface area contributed by atoms with E-state index in [1.54, 1.807) is 11.1 Å². The van der Waals surface area contributed by atoms with E-state index in [1.165, 1.54) is 81.7 Å². The van der Waals surface area contributed by atoms with Gasteiger partial charge in [0.2, 0.25) is 5.95 Å². The smallest absolute Gasteiger partial charge is 0.220 e. The number of allylic oxidation sites excluding steroid dienone is 3. The number of hydrogen-bond acceptors (Lipinski definition) is 2. The molecular formula is C55H44N4. The molecule has 5 aliphatic carbocycles. The van der Waals surface area contributed by atoms with E-state index in [1.807, 2.05) is 12.4 Å². The van der Waals surface area contributed by atoms with Crippen LogP contribution in [0.15, 0.2) is 164 Å². The van der Waals surface area contributed by atoms with E-state index >= 15 is 0 Å². The van der Waals surface area contributed by atoms with Gasteiger partial charge in [0, 0.05) is 39.7 Å². The minimum Gasteiger partial charge on any atom is -0.279 e. The van der Waals surface area contributed by atoms with Crippen molar-refractivity contribution in [3.63, 3.8) is 0 Å². The number of rotatable bonds is 5. The normalized spacial score (nSPS) is 23.1. The maximum Gasteiger partial charge on any atom is 0.220 e. The van der Waals surface area contributed by atoms with Crippen LogP contribution in [0.25, 0.3) is 83.1 Å². The average molecular weight is 761 g/mol. The van der Waals surface area contributed by atoms with Crippen molar-refractivity contribution in [3.8, 4) is 33.9 Å². The van der Waals surface area contributed by atoms with E-state index in [0.717, 1.165) is 62.8 Å². The molecule has 3 heterocycles. The fourth-order valence-electron chi connectivity index (χ4n) is 13.0. The lowest BCUT2D eigenvalue weighted by Gasteiger charge is -2.61. The molecular weight excluding hydrogens is 717 g/mol. The Balaban J connectivity index is 1.02. The topological polar surface area (TPSA) is 35.6 Å². The molecule has 59 heavy (non-hydrogen) atoms. The molecule has 9 aromatic rings. The van der Waals surface area contributed by atoms with Gasteiger partial charge < -0.3 is 0 Å². The largest absolute Gasteiger partial charge is 0.279 e. The Kier molecular flexibility index (Phi) is 6.95. The molecule has 0 atom stereocenters. The predicted molar refractivity (Wildman–Crippen MR) is 243 cm³/mol. The van der Waals surface area contributed by atoms with E-state index in [2.05, 4.69) is 167 Å². The lowest BCUT2D eigenvalue weighted by molar-refractivity contribution is -0.0420. The summed E-state index contributed by atoms with van der Waals surface area (Å²) >= 11 is 0. The van der Waals surface area contributed by atoms with Gasteiger partial charge in [0.25, 0.3) is 0 Å². The molecule has 6 aromatic carbocycles. The van der Waals surface area contributed by atoms with Crippen molar-refractivity contribution in [2.45, 2.75) is 44.4 Å². The van der Waals surface area contributed by atoms with Gasteiger partial charge >= 0.3 is 0 Å². The van der Waals surface area contributed by atoms with Crippen LogP contribution in [0.3, 0.4) is 0 Å². The van der Waals surface area contributed by atoms with Gasteiger partial charge in [-0.15, -0.1) is 0 Å². The van der Waals surface area contributed by atoms with E-state index in [0.29, 0.717) is 0 Å². The molecule has 4 heteroatoms. The molecule has 4 nitrogen and oxygen atoms in total. The number of hydrogen-bond donors (Lipinski definition) is 0. The molecule has 0 aliphatic heterocycles. The Morgan fingerprint density at radius 1 is 0.610 bits per heavy atom. The Bertz CT molecular complexity index is 3240. The van der Waals surface area contributed by atoms with Gasteiger partial charge in [0.1, 0.15) is 0 Å². The van der Waals surface area contributed by atoms with Crippen LogP contribution >= 0.6 is 0 Å². The third-order valence-electron chi connectivity index (χ3n) is 15.2. The first kappa shape index (κ1) is 33.5. The second-order valence-corrected chi connectivity index (χ2v) is 18.0. The van der Waals surface area contributed by atoms with E-state index in [-0.39, 0.29) is 5.41 Å². The summed E-state index contributed by atoms with van der Waals surface area (Å²) in [4.78, 5) is 9.96. The molecule has 5 aliphatic rings. The fraction of sp³-hybridized carbons (Fsp3) is 0.200. The minimum absolute atomic E-state index is 0.185. The first-order chi connectivity index (χ1) is 29.1. The number of pyridine rings is 1. The lowest BCUT2D eigenvalue weighted by Crippen LogP contribution is -2.55. The molecule has 0 amide bonds. The second-order valence-electron chi connectivity index (χ2n) is 18.0.